The third-order valence-corrected chi connectivity index (χ3v) is 13.4. The first kappa shape index (κ1) is 49.3. The SMILES string of the molecule is CC#CC(CCn1c2ccc(-c3ccc(N(c4ccc(OC)cc4)c4ccc(OC)cc4)cc3)cc2c2cc(-c3ccc(N(c4ccc(OC)cc4)c4ccc(OC)cc4)cc3)ccc21)S(=O)(=O)[O-].[Na+]. The Morgan fingerprint density at radius 2 is 0.757 bits per heavy atom. The summed E-state index contributed by atoms with van der Waals surface area (Å²) in [5, 5.41) is 0.671. The van der Waals surface area contributed by atoms with Crippen molar-refractivity contribution in [3.05, 3.63) is 182 Å². The van der Waals surface area contributed by atoms with Gasteiger partial charge in [0.15, 0.2) is 0 Å². The average Bonchev–Trinajstić information content (AvgIpc) is 3.70. The number of rotatable bonds is 16. The zero-order valence-electron chi connectivity index (χ0n) is 39.9. The molecule has 1 unspecified atom stereocenters. The summed E-state index contributed by atoms with van der Waals surface area (Å²) in [5.41, 5.74) is 11.7. The summed E-state index contributed by atoms with van der Waals surface area (Å²) < 4.78 is 60.8. The second kappa shape index (κ2) is 21.6. The fourth-order valence-electron chi connectivity index (χ4n) is 8.83. The molecule has 8 aromatic carbocycles. The molecule has 0 spiro atoms. The molecule has 0 radical (unpaired) electrons. The van der Waals surface area contributed by atoms with Gasteiger partial charge in [-0.2, -0.15) is 0 Å². The van der Waals surface area contributed by atoms with Crippen LogP contribution in [0.2, 0.25) is 0 Å². The Labute approximate surface area is 431 Å². The maximum atomic E-state index is 12.3. The molecule has 12 heteroatoms. The minimum atomic E-state index is -4.64. The molecule has 1 aromatic heterocycles. The smallest absolute Gasteiger partial charge is 0.747 e. The number of aryl methyl sites for hydroxylation is 1. The second-order valence-electron chi connectivity index (χ2n) is 16.3. The molecule has 0 amide bonds. The van der Waals surface area contributed by atoms with Crippen molar-refractivity contribution in [2.45, 2.75) is 25.1 Å². The predicted octanol–water partition coefficient (Wildman–Crippen LogP) is 10.4. The van der Waals surface area contributed by atoms with Gasteiger partial charge in [0.2, 0.25) is 0 Å². The molecule has 0 saturated heterocycles. The predicted molar refractivity (Wildman–Crippen MR) is 277 cm³/mol. The molecule has 10 nitrogen and oxygen atoms in total. The number of hydrogen-bond acceptors (Lipinski definition) is 9. The van der Waals surface area contributed by atoms with E-state index in [1.54, 1.807) is 35.4 Å². The number of ether oxygens (including phenoxy) is 4. The topological polar surface area (TPSA) is 106 Å². The van der Waals surface area contributed by atoms with Gasteiger partial charge in [-0.1, -0.05) is 42.3 Å². The van der Waals surface area contributed by atoms with Gasteiger partial charge < -0.3 is 37.9 Å². The summed E-state index contributed by atoms with van der Waals surface area (Å²) in [6, 6.07) is 61.5. The average molecular weight is 956 g/mol. The van der Waals surface area contributed by atoms with E-state index in [1.807, 2.05) is 97.1 Å². The maximum absolute atomic E-state index is 12.3. The van der Waals surface area contributed by atoms with E-state index in [1.165, 1.54) is 0 Å². The summed E-state index contributed by atoms with van der Waals surface area (Å²) in [7, 11) is 1.99. The Balaban J connectivity index is 0.00000659. The van der Waals surface area contributed by atoms with Gasteiger partial charge in [-0.25, -0.2) is 8.42 Å². The Hall–Kier alpha value is -7.17. The normalized spacial score (nSPS) is 11.5. The Morgan fingerprint density at radius 3 is 1.03 bits per heavy atom. The largest absolute Gasteiger partial charge is 1.00 e. The molecule has 0 fully saturated rings. The van der Waals surface area contributed by atoms with Gasteiger partial charge in [0.25, 0.3) is 0 Å². The van der Waals surface area contributed by atoms with Crippen LogP contribution in [-0.2, 0) is 16.7 Å². The third-order valence-electron chi connectivity index (χ3n) is 12.4. The van der Waals surface area contributed by atoms with Crippen LogP contribution in [0.4, 0.5) is 34.1 Å². The summed E-state index contributed by atoms with van der Waals surface area (Å²) in [6.45, 7) is 1.83. The quantitative estimate of drug-likeness (QED) is 0.0532. The molecular formula is C58H50N3NaO7S. The van der Waals surface area contributed by atoms with Crippen LogP contribution in [0.5, 0.6) is 23.0 Å². The maximum Gasteiger partial charge on any atom is 1.00 e. The van der Waals surface area contributed by atoms with Crippen molar-refractivity contribution >= 4 is 66.0 Å². The minimum absolute atomic E-state index is 0. The zero-order valence-corrected chi connectivity index (χ0v) is 42.7. The van der Waals surface area contributed by atoms with Gasteiger partial charge in [-0.3, -0.25) is 0 Å². The van der Waals surface area contributed by atoms with E-state index in [9.17, 15) is 13.0 Å². The number of nitrogens with zero attached hydrogens (tertiary/aromatic N) is 3. The third kappa shape index (κ3) is 10.4. The summed E-state index contributed by atoms with van der Waals surface area (Å²) in [6.07, 6.45) is 0.0514. The summed E-state index contributed by atoms with van der Waals surface area (Å²) in [5.74, 6) is 8.36. The van der Waals surface area contributed by atoms with Crippen LogP contribution in [-0.4, -0.2) is 51.2 Å². The van der Waals surface area contributed by atoms with Crippen molar-refractivity contribution < 1.29 is 61.5 Å². The van der Waals surface area contributed by atoms with E-state index in [0.717, 1.165) is 101 Å². The van der Waals surface area contributed by atoms with Crippen LogP contribution in [0.3, 0.4) is 0 Å². The summed E-state index contributed by atoms with van der Waals surface area (Å²) >= 11 is 0. The van der Waals surface area contributed by atoms with Gasteiger partial charge in [0, 0.05) is 62.5 Å². The fraction of sp³-hybridized carbons (Fsp3) is 0.138. The zero-order chi connectivity index (χ0) is 48.1. The van der Waals surface area contributed by atoms with E-state index in [0.29, 0.717) is 0 Å². The van der Waals surface area contributed by atoms with Crippen molar-refractivity contribution in [1.82, 2.24) is 4.57 Å². The first-order chi connectivity index (χ1) is 33.6. The van der Waals surface area contributed by atoms with E-state index < -0.39 is 15.4 Å². The van der Waals surface area contributed by atoms with Crippen LogP contribution in [0.1, 0.15) is 13.3 Å². The van der Waals surface area contributed by atoms with Crippen LogP contribution < -0.4 is 58.3 Å². The van der Waals surface area contributed by atoms with Crippen molar-refractivity contribution in [3.8, 4) is 57.1 Å². The standard InChI is InChI=1S/C58H51N3O7S.Na/c1-6-7-54(69(62,63)64)36-37-59-57-34-12-42(40-8-14-44(15-9-40)60(46-18-26-50(65-2)27-19-46)47-20-28-51(66-3)29-21-47)38-55(57)56-39-43(13-35-58(56)59)41-10-16-45(17-11-41)61(48-22-30-52(67-4)31-23-48)49-24-32-53(68-5)33-25-49;/h8-35,38-39,54H,36-37H2,1-5H3,(H,62,63,64);/q;+1/p-1. The van der Waals surface area contributed by atoms with Crippen LogP contribution >= 0.6 is 0 Å². The number of fused-ring (bicyclic) bond motifs is 3. The summed E-state index contributed by atoms with van der Waals surface area (Å²) in [4.78, 5) is 4.36. The molecule has 0 saturated carbocycles. The van der Waals surface area contributed by atoms with Crippen molar-refractivity contribution in [1.29, 1.82) is 0 Å². The molecule has 70 heavy (non-hydrogen) atoms. The van der Waals surface area contributed by atoms with E-state index in [-0.39, 0.29) is 42.5 Å². The molecule has 0 aliphatic rings. The molecule has 0 aliphatic carbocycles. The number of anilines is 6. The molecule has 0 aliphatic heterocycles. The number of hydrogen-bond donors (Lipinski definition) is 0. The van der Waals surface area contributed by atoms with E-state index >= 15 is 0 Å². The Kier molecular flexibility index (Phi) is 15.2. The first-order valence-corrected chi connectivity index (χ1v) is 23.9. The Bertz CT molecular complexity index is 3110. The molecular weight excluding hydrogens is 906 g/mol. The van der Waals surface area contributed by atoms with Gasteiger partial charge in [-0.15, -0.1) is 5.92 Å². The van der Waals surface area contributed by atoms with Gasteiger partial charge in [-0.05, 0) is 181 Å². The van der Waals surface area contributed by atoms with Crippen LogP contribution in [0, 0.1) is 11.8 Å². The number of benzene rings is 8. The van der Waals surface area contributed by atoms with Gasteiger partial charge in [0.1, 0.15) is 38.4 Å². The molecule has 346 valence electrons. The minimum Gasteiger partial charge on any atom is -0.747 e. The molecule has 9 rings (SSSR count). The van der Waals surface area contributed by atoms with Gasteiger partial charge in [0.05, 0.1) is 28.4 Å². The Morgan fingerprint density at radius 1 is 0.471 bits per heavy atom. The van der Waals surface area contributed by atoms with Crippen LogP contribution in [0.25, 0.3) is 44.1 Å². The number of methoxy groups -OCH3 is 4. The van der Waals surface area contributed by atoms with E-state index in [2.05, 4.69) is 111 Å². The first-order valence-electron chi connectivity index (χ1n) is 22.4. The van der Waals surface area contributed by atoms with Crippen LogP contribution in [0.15, 0.2) is 182 Å². The van der Waals surface area contributed by atoms with Gasteiger partial charge >= 0.3 is 29.6 Å². The molecule has 0 N–H and O–H groups in total. The van der Waals surface area contributed by atoms with E-state index in [4.69, 9.17) is 18.9 Å². The van der Waals surface area contributed by atoms with Crippen molar-refractivity contribution in [2.24, 2.45) is 0 Å². The van der Waals surface area contributed by atoms with Crippen molar-refractivity contribution in [2.75, 3.05) is 38.2 Å². The van der Waals surface area contributed by atoms with Crippen molar-refractivity contribution in [3.63, 3.8) is 0 Å². The molecule has 0 bridgehead atoms. The molecule has 1 heterocycles. The fourth-order valence-corrected chi connectivity index (χ4v) is 9.48. The molecule has 9 aromatic rings. The second-order valence-corrected chi connectivity index (χ2v) is 17.9. The number of aromatic nitrogens is 1. The molecule has 1 atom stereocenters. The monoisotopic (exact) mass is 955 g/mol.